The van der Waals surface area contributed by atoms with Gasteiger partial charge in [0.2, 0.25) is 5.91 Å². The van der Waals surface area contributed by atoms with Gasteiger partial charge in [-0.3, -0.25) is 9.69 Å². The largest absolute Gasteiger partial charge is 0.497 e. The van der Waals surface area contributed by atoms with Crippen molar-refractivity contribution in [1.29, 1.82) is 0 Å². The minimum absolute atomic E-state index is 0.00628. The van der Waals surface area contributed by atoms with Gasteiger partial charge in [0, 0.05) is 32.4 Å². The fourth-order valence-electron chi connectivity index (χ4n) is 3.54. The van der Waals surface area contributed by atoms with E-state index in [1.807, 2.05) is 48.7 Å². The molecule has 2 heterocycles. The third-order valence-corrected chi connectivity index (χ3v) is 5.17. The van der Waals surface area contributed by atoms with Crippen LogP contribution in [0.5, 0.6) is 5.75 Å². The SMILES string of the molecule is COc1ccc(C(NC(=O)CN2CCN(c3ccccn3)CC2)C(C)C)cc1. The minimum atomic E-state index is -0.00628. The summed E-state index contributed by atoms with van der Waals surface area (Å²) in [6.07, 6.45) is 1.82. The number of carbonyl (C=O) groups excluding carboxylic acids is 1. The molecule has 1 amide bonds. The Morgan fingerprint density at radius 3 is 2.39 bits per heavy atom. The zero-order valence-electron chi connectivity index (χ0n) is 17.0. The molecule has 1 fully saturated rings. The molecule has 1 saturated heterocycles. The Kier molecular flexibility index (Phi) is 6.87. The van der Waals surface area contributed by atoms with Gasteiger partial charge in [-0.25, -0.2) is 4.98 Å². The molecule has 1 N–H and O–H groups in total. The molecule has 1 atom stereocenters. The summed E-state index contributed by atoms with van der Waals surface area (Å²) in [4.78, 5) is 21.6. The van der Waals surface area contributed by atoms with Gasteiger partial charge >= 0.3 is 0 Å². The second-order valence-electron chi connectivity index (χ2n) is 7.51. The third kappa shape index (κ3) is 5.23. The number of ether oxygens (including phenoxy) is 1. The van der Waals surface area contributed by atoms with Crippen molar-refractivity contribution in [2.24, 2.45) is 5.92 Å². The van der Waals surface area contributed by atoms with Crippen LogP contribution in [0.25, 0.3) is 0 Å². The maximum absolute atomic E-state index is 12.7. The second kappa shape index (κ2) is 9.55. The van der Waals surface area contributed by atoms with Crippen molar-refractivity contribution in [3.05, 3.63) is 54.2 Å². The lowest BCUT2D eigenvalue weighted by atomic mass is 9.96. The molecule has 0 spiro atoms. The summed E-state index contributed by atoms with van der Waals surface area (Å²) < 4.78 is 5.23. The molecule has 0 radical (unpaired) electrons. The van der Waals surface area contributed by atoms with E-state index in [4.69, 9.17) is 4.74 Å². The van der Waals surface area contributed by atoms with Crippen molar-refractivity contribution in [2.45, 2.75) is 19.9 Å². The normalized spacial score (nSPS) is 16.1. The summed E-state index contributed by atoms with van der Waals surface area (Å²) in [6.45, 7) is 8.17. The Morgan fingerprint density at radius 2 is 1.82 bits per heavy atom. The highest BCUT2D eigenvalue weighted by Crippen LogP contribution is 2.24. The highest BCUT2D eigenvalue weighted by Gasteiger charge is 2.23. The lowest BCUT2D eigenvalue weighted by Gasteiger charge is -2.35. The van der Waals surface area contributed by atoms with Gasteiger partial charge in [-0.05, 0) is 35.7 Å². The van der Waals surface area contributed by atoms with Crippen molar-refractivity contribution in [3.63, 3.8) is 0 Å². The number of hydrogen-bond donors (Lipinski definition) is 1. The first-order valence-corrected chi connectivity index (χ1v) is 9.88. The zero-order chi connectivity index (χ0) is 19.9. The van der Waals surface area contributed by atoms with Gasteiger partial charge in [0.25, 0.3) is 0 Å². The molecule has 6 nitrogen and oxygen atoms in total. The van der Waals surface area contributed by atoms with Crippen LogP contribution in [0, 0.1) is 5.92 Å². The Hall–Kier alpha value is -2.60. The number of methoxy groups -OCH3 is 1. The topological polar surface area (TPSA) is 57.7 Å². The van der Waals surface area contributed by atoms with Crippen LogP contribution in [0.1, 0.15) is 25.5 Å². The molecule has 1 aliphatic rings. The lowest BCUT2D eigenvalue weighted by Crippen LogP contribution is -2.50. The van der Waals surface area contributed by atoms with Crippen molar-refractivity contribution in [2.75, 3.05) is 44.7 Å². The number of piperazine rings is 1. The number of pyridine rings is 1. The number of carbonyl (C=O) groups is 1. The van der Waals surface area contributed by atoms with Crippen LogP contribution in [0.3, 0.4) is 0 Å². The van der Waals surface area contributed by atoms with Crippen LogP contribution >= 0.6 is 0 Å². The number of hydrogen-bond acceptors (Lipinski definition) is 5. The summed E-state index contributed by atoms with van der Waals surface area (Å²) in [5, 5.41) is 3.21. The Labute approximate surface area is 167 Å². The molecule has 2 aromatic rings. The van der Waals surface area contributed by atoms with E-state index < -0.39 is 0 Å². The van der Waals surface area contributed by atoms with Gasteiger partial charge in [-0.1, -0.05) is 32.0 Å². The fourth-order valence-corrected chi connectivity index (χ4v) is 3.54. The molecule has 0 saturated carbocycles. The van der Waals surface area contributed by atoms with E-state index in [2.05, 4.69) is 33.9 Å². The second-order valence-corrected chi connectivity index (χ2v) is 7.51. The van der Waals surface area contributed by atoms with Gasteiger partial charge in [0.05, 0.1) is 19.7 Å². The number of nitrogens with zero attached hydrogens (tertiary/aromatic N) is 3. The van der Waals surface area contributed by atoms with Crippen LogP contribution in [0.4, 0.5) is 5.82 Å². The molecule has 0 aliphatic carbocycles. The van der Waals surface area contributed by atoms with Crippen LogP contribution in [0.2, 0.25) is 0 Å². The van der Waals surface area contributed by atoms with Gasteiger partial charge < -0.3 is 15.0 Å². The summed E-state index contributed by atoms with van der Waals surface area (Å²) in [7, 11) is 1.66. The first kappa shape index (κ1) is 20.1. The molecule has 1 aromatic carbocycles. The van der Waals surface area contributed by atoms with Crippen LogP contribution in [-0.4, -0.2) is 55.6 Å². The third-order valence-electron chi connectivity index (χ3n) is 5.17. The number of nitrogens with one attached hydrogen (secondary N) is 1. The molecule has 1 aromatic heterocycles. The van der Waals surface area contributed by atoms with Gasteiger partial charge in [0.1, 0.15) is 11.6 Å². The number of amides is 1. The fraction of sp³-hybridized carbons (Fsp3) is 0.455. The quantitative estimate of drug-likeness (QED) is 0.798. The van der Waals surface area contributed by atoms with E-state index in [0.717, 1.165) is 43.3 Å². The van der Waals surface area contributed by atoms with Gasteiger partial charge in [-0.2, -0.15) is 0 Å². The van der Waals surface area contributed by atoms with E-state index >= 15 is 0 Å². The number of rotatable bonds is 7. The maximum Gasteiger partial charge on any atom is 0.234 e. The van der Waals surface area contributed by atoms with Crippen molar-refractivity contribution >= 4 is 11.7 Å². The molecule has 3 rings (SSSR count). The monoisotopic (exact) mass is 382 g/mol. The first-order valence-electron chi connectivity index (χ1n) is 9.88. The lowest BCUT2D eigenvalue weighted by molar-refractivity contribution is -0.123. The van der Waals surface area contributed by atoms with Crippen molar-refractivity contribution in [1.82, 2.24) is 15.2 Å². The number of benzene rings is 1. The van der Waals surface area contributed by atoms with Crippen LogP contribution in [0.15, 0.2) is 48.7 Å². The summed E-state index contributed by atoms with van der Waals surface area (Å²) in [5.41, 5.74) is 1.10. The average molecular weight is 383 g/mol. The predicted octanol–water partition coefficient (Wildman–Crippen LogP) is 2.73. The summed E-state index contributed by atoms with van der Waals surface area (Å²) in [5.74, 6) is 2.20. The molecule has 0 bridgehead atoms. The Bertz CT molecular complexity index is 741. The molecular formula is C22H30N4O2. The van der Waals surface area contributed by atoms with Gasteiger partial charge in [-0.15, -0.1) is 0 Å². The molecular weight excluding hydrogens is 352 g/mol. The van der Waals surface area contributed by atoms with Crippen LogP contribution in [-0.2, 0) is 4.79 Å². The van der Waals surface area contributed by atoms with Crippen molar-refractivity contribution < 1.29 is 9.53 Å². The zero-order valence-corrected chi connectivity index (χ0v) is 17.0. The predicted molar refractivity (Wildman–Crippen MR) is 112 cm³/mol. The molecule has 1 aliphatic heterocycles. The highest BCUT2D eigenvalue weighted by atomic mass is 16.5. The van der Waals surface area contributed by atoms with E-state index in [9.17, 15) is 4.79 Å². The average Bonchev–Trinajstić information content (AvgIpc) is 2.73. The van der Waals surface area contributed by atoms with E-state index in [-0.39, 0.29) is 11.9 Å². The number of aromatic nitrogens is 1. The number of anilines is 1. The molecule has 28 heavy (non-hydrogen) atoms. The van der Waals surface area contributed by atoms with Gasteiger partial charge in [0.15, 0.2) is 0 Å². The summed E-state index contributed by atoms with van der Waals surface area (Å²) >= 11 is 0. The van der Waals surface area contributed by atoms with Crippen LogP contribution < -0.4 is 15.0 Å². The maximum atomic E-state index is 12.7. The standard InChI is InChI=1S/C22H30N4O2/c1-17(2)22(18-7-9-19(28-3)10-8-18)24-21(27)16-25-12-14-26(15-13-25)20-6-4-5-11-23-20/h4-11,17,22H,12-16H2,1-3H3,(H,24,27). The first-order chi connectivity index (χ1) is 13.6. The summed E-state index contributed by atoms with van der Waals surface area (Å²) in [6, 6.07) is 13.9. The molecule has 150 valence electrons. The Balaban J connectivity index is 1.52. The Morgan fingerprint density at radius 1 is 1.11 bits per heavy atom. The smallest absolute Gasteiger partial charge is 0.234 e. The van der Waals surface area contributed by atoms with Crippen molar-refractivity contribution in [3.8, 4) is 5.75 Å². The molecule has 1 unspecified atom stereocenters. The van der Waals surface area contributed by atoms with E-state index in [1.165, 1.54) is 0 Å². The van der Waals surface area contributed by atoms with E-state index in [1.54, 1.807) is 7.11 Å². The van der Waals surface area contributed by atoms with E-state index in [0.29, 0.717) is 12.5 Å². The minimum Gasteiger partial charge on any atom is -0.497 e. The molecule has 6 heteroatoms. The highest BCUT2D eigenvalue weighted by molar-refractivity contribution is 5.78.